The maximum absolute atomic E-state index is 11.8. The molecule has 4 nitrogen and oxygen atoms in total. The lowest BCUT2D eigenvalue weighted by Crippen LogP contribution is -2.38. The Morgan fingerprint density at radius 1 is 1.37 bits per heavy atom. The third-order valence-corrected chi connectivity index (χ3v) is 4.11. The van der Waals surface area contributed by atoms with Gasteiger partial charge in [0.2, 0.25) is 11.8 Å². The number of halogens is 2. The van der Waals surface area contributed by atoms with Crippen molar-refractivity contribution in [3.63, 3.8) is 0 Å². The minimum atomic E-state index is -0.498. The van der Waals surface area contributed by atoms with Crippen molar-refractivity contribution in [1.82, 2.24) is 10.2 Å². The molecule has 1 aliphatic rings. The van der Waals surface area contributed by atoms with Crippen molar-refractivity contribution < 1.29 is 9.59 Å². The minimum absolute atomic E-state index is 0.167. The van der Waals surface area contributed by atoms with Gasteiger partial charge in [-0.05, 0) is 18.6 Å². The van der Waals surface area contributed by atoms with Gasteiger partial charge in [0.25, 0.3) is 0 Å². The first-order chi connectivity index (χ1) is 8.91. The quantitative estimate of drug-likeness (QED) is 0.872. The molecule has 1 aromatic carbocycles. The fraction of sp³-hybridized carbons (Fsp3) is 0.385. The molecule has 1 heterocycles. The maximum Gasteiger partial charge on any atom is 0.246 e. The number of benzene rings is 1. The van der Waals surface area contributed by atoms with Crippen LogP contribution in [0.5, 0.6) is 0 Å². The van der Waals surface area contributed by atoms with E-state index in [1.807, 2.05) is 13.0 Å². The zero-order valence-electron chi connectivity index (χ0n) is 10.6. The standard InChI is InChI=1S/C13H14Cl2N2O2/c1-7(8-4-3-5-9(14)12(8)15)16-10-6-11(18)17(2)13(10)19/h3-5,7,10,16H,6H2,1-2H3. The summed E-state index contributed by atoms with van der Waals surface area (Å²) >= 11 is 12.1. The number of nitrogens with zero attached hydrogens (tertiary/aromatic N) is 1. The third kappa shape index (κ3) is 2.76. The van der Waals surface area contributed by atoms with Crippen LogP contribution in [0.1, 0.15) is 24.9 Å². The number of likely N-dealkylation sites (tertiary alicyclic amines) is 1. The van der Waals surface area contributed by atoms with Crippen LogP contribution in [0, 0.1) is 0 Å². The molecule has 1 aromatic rings. The predicted molar refractivity (Wildman–Crippen MR) is 74.2 cm³/mol. The lowest BCUT2D eigenvalue weighted by molar-refractivity contribution is -0.137. The van der Waals surface area contributed by atoms with Crippen molar-refractivity contribution in [2.24, 2.45) is 0 Å². The van der Waals surface area contributed by atoms with Crippen LogP contribution >= 0.6 is 23.2 Å². The van der Waals surface area contributed by atoms with Crippen molar-refractivity contribution >= 4 is 35.0 Å². The summed E-state index contributed by atoms with van der Waals surface area (Å²) in [6.07, 6.45) is 0.178. The van der Waals surface area contributed by atoms with Gasteiger partial charge in [-0.25, -0.2) is 0 Å². The molecule has 0 aromatic heterocycles. The van der Waals surface area contributed by atoms with Gasteiger partial charge < -0.3 is 0 Å². The van der Waals surface area contributed by atoms with Crippen molar-refractivity contribution in [3.8, 4) is 0 Å². The van der Waals surface area contributed by atoms with E-state index in [1.165, 1.54) is 7.05 Å². The highest BCUT2D eigenvalue weighted by atomic mass is 35.5. The summed E-state index contributed by atoms with van der Waals surface area (Å²) < 4.78 is 0. The Labute approximate surface area is 121 Å². The lowest BCUT2D eigenvalue weighted by atomic mass is 10.1. The van der Waals surface area contributed by atoms with Gasteiger partial charge in [0.15, 0.2) is 0 Å². The number of amides is 2. The van der Waals surface area contributed by atoms with Crippen LogP contribution in [-0.4, -0.2) is 29.8 Å². The maximum atomic E-state index is 11.8. The second kappa shape index (κ2) is 5.49. The van der Waals surface area contributed by atoms with Gasteiger partial charge in [0.1, 0.15) is 0 Å². The number of carbonyl (C=O) groups is 2. The van der Waals surface area contributed by atoms with E-state index in [9.17, 15) is 9.59 Å². The van der Waals surface area contributed by atoms with Gasteiger partial charge in [-0.1, -0.05) is 35.3 Å². The Morgan fingerprint density at radius 3 is 2.63 bits per heavy atom. The molecule has 1 fully saturated rings. The molecule has 2 rings (SSSR count). The molecule has 2 amide bonds. The molecular weight excluding hydrogens is 287 g/mol. The smallest absolute Gasteiger partial charge is 0.246 e. The zero-order chi connectivity index (χ0) is 14.2. The SMILES string of the molecule is CC(NC1CC(=O)N(C)C1=O)c1cccc(Cl)c1Cl. The molecule has 0 aliphatic carbocycles. The average molecular weight is 301 g/mol. The molecule has 0 bridgehead atoms. The monoisotopic (exact) mass is 300 g/mol. The van der Waals surface area contributed by atoms with Crippen LogP contribution in [0.25, 0.3) is 0 Å². The van der Waals surface area contributed by atoms with Gasteiger partial charge in [-0.3, -0.25) is 19.8 Å². The molecular formula is C13H14Cl2N2O2. The Balaban J connectivity index is 2.14. The Hall–Kier alpha value is -1.10. The van der Waals surface area contributed by atoms with Crippen LogP contribution < -0.4 is 5.32 Å². The highest BCUT2D eigenvalue weighted by Gasteiger charge is 2.36. The van der Waals surface area contributed by atoms with E-state index in [-0.39, 0.29) is 24.3 Å². The van der Waals surface area contributed by atoms with Crippen LogP contribution in [-0.2, 0) is 9.59 Å². The fourth-order valence-corrected chi connectivity index (χ4v) is 2.60. The van der Waals surface area contributed by atoms with Crippen LogP contribution in [0.15, 0.2) is 18.2 Å². The summed E-state index contributed by atoms with van der Waals surface area (Å²) in [7, 11) is 1.49. The summed E-state index contributed by atoms with van der Waals surface area (Å²) in [4.78, 5) is 24.4. The second-order valence-corrected chi connectivity index (χ2v) is 5.36. The molecule has 0 radical (unpaired) electrons. The molecule has 1 N–H and O–H groups in total. The predicted octanol–water partition coefficient (Wildman–Crippen LogP) is 2.40. The van der Waals surface area contributed by atoms with E-state index in [0.717, 1.165) is 10.5 Å². The summed E-state index contributed by atoms with van der Waals surface area (Å²) in [6.45, 7) is 1.88. The second-order valence-electron chi connectivity index (χ2n) is 4.58. The Bertz CT molecular complexity index is 533. The van der Waals surface area contributed by atoms with E-state index in [2.05, 4.69) is 5.32 Å². The number of nitrogens with one attached hydrogen (secondary N) is 1. The molecule has 0 saturated carbocycles. The van der Waals surface area contributed by atoms with Crippen molar-refractivity contribution in [2.75, 3.05) is 7.05 Å². The Kier molecular flexibility index (Phi) is 4.13. The highest BCUT2D eigenvalue weighted by molar-refractivity contribution is 6.42. The molecule has 2 unspecified atom stereocenters. The first-order valence-corrected chi connectivity index (χ1v) is 6.67. The molecule has 1 aliphatic heterocycles. The van der Waals surface area contributed by atoms with E-state index in [1.54, 1.807) is 12.1 Å². The molecule has 0 spiro atoms. The number of carbonyl (C=O) groups excluding carboxylic acids is 2. The summed E-state index contributed by atoms with van der Waals surface area (Å²) in [5.74, 6) is -0.387. The average Bonchev–Trinajstić information content (AvgIpc) is 2.60. The van der Waals surface area contributed by atoms with Gasteiger partial charge in [-0.2, -0.15) is 0 Å². The van der Waals surface area contributed by atoms with E-state index >= 15 is 0 Å². The first-order valence-electron chi connectivity index (χ1n) is 5.92. The normalized spacial score (nSPS) is 21.1. The van der Waals surface area contributed by atoms with E-state index in [0.29, 0.717) is 10.0 Å². The van der Waals surface area contributed by atoms with Crippen molar-refractivity contribution in [3.05, 3.63) is 33.8 Å². The van der Waals surface area contributed by atoms with Crippen LogP contribution in [0.2, 0.25) is 10.0 Å². The summed E-state index contributed by atoms with van der Waals surface area (Å²) in [5, 5.41) is 4.06. The lowest BCUT2D eigenvalue weighted by Gasteiger charge is -2.19. The van der Waals surface area contributed by atoms with E-state index in [4.69, 9.17) is 23.2 Å². The van der Waals surface area contributed by atoms with Gasteiger partial charge in [0, 0.05) is 13.1 Å². The highest BCUT2D eigenvalue weighted by Crippen LogP contribution is 2.30. The van der Waals surface area contributed by atoms with Gasteiger partial charge in [0.05, 0.1) is 22.5 Å². The zero-order valence-corrected chi connectivity index (χ0v) is 12.1. The molecule has 102 valence electrons. The topological polar surface area (TPSA) is 49.4 Å². The van der Waals surface area contributed by atoms with Crippen LogP contribution in [0.3, 0.4) is 0 Å². The fourth-order valence-electron chi connectivity index (χ4n) is 2.13. The number of imide groups is 1. The van der Waals surface area contributed by atoms with Crippen molar-refractivity contribution in [2.45, 2.75) is 25.4 Å². The van der Waals surface area contributed by atoms with Crippen LogP contribution in [0.4, 0.5) is 0 Å². The summed E-state index contributed by atoms with van der Waals surface area (Å²) in [5.41, 5.74) is 0.809. The number of hydrogen-bond acceptors (Lipinski definition) is 3. The largest absolute Gasteiger partial charge is 0.299 e. The molecule has 2 atom stereocenters. The number of likely N-dealkylation sites (N-methyl/N-ethyl adjacent to an activating group) is 1. The molecule has 6 heteroatoms. The summed E-state index contributed by atoms with van der Waals surface area (Å²) in [6, 6.07) is 4.69. The third-order valence-electron chi connectivity index (χ3n) is 3.28. The Morgan fingerprint density at radius 2 is 2.05 bits per heavy atom. The first kappa shape index (κ1) is 14.3. The van der Waals surface area contributed by atoms with Gasteiger partial charge >= 0.3 is 0 Å². The number of rotatable bonds is 3. The molecule has 19 heavy (non-hydrogen) atoms. The van der Waals surface area contributed by atoms with Crippen molar-refractivity contribution in [1.29, 1.82) is 0 Å². The minimum Gasteiger partial charge on any atom is -0.299 e. The number of hydrogen-bond donors (Lipinski definition) is 1. The molecule has 1 saturated heterocycles. The van der Waals surface area contributed by atoms with E-state index < -0.39 is 6.04 Å². The van der Waals surface area contributed by atoms with Gasteiger partial charge in [-0.15, -0.1) is 0 Å².